The van der Waals surface area contributed by atoms with Gasteiger partial charge < -0.3 is 9.64 Å². The molecular weight excluding hydrogens is 224 g/mol. The summed E-state index contributed by atoms with van der Waals surface area (Å²) in [6.07, 6.45) is 2.04. The Hall–Kier alpha value is -0.940. The van der Waals surface area contributed by atoms with Gasteiger partial charge in [-0.05, 0) is 19.8 Å². The number of thiazole rings is 1. The molecule has 88 valence electrons. The smallest absolute Gasteiger partial charge is 0.273 e. The molecule has 0 saturated heterocycles. The Labute approximate surface area is 99.2 Å². The molecule has 0 aliphatic heterocycles. The number of aromatic nitrogens is 1. The van der Waals surface area contributed by atoms with E-state index in [4.69, 9.17) is 4.74 Å². The average Bonchev–Trinajstić information content (AvgIpc) is 2.92. The molecule has 0 radical (unpaired) electrons. The van der Waals surface area contributed by atoms with E-state index in [0.29, 0.717) is 12.3 Å². The number of ether oxygens (including phenoxy) is 1. The van der Waals surface area contributed by atoms with Crippen LogP contribution in [-0.2, 0) is 4.74 Å². The van der Waals surface area contributed by atoms with Gasteiger partial charge in [-0.25, -0.2) is 4.98 Å². The first-order chi connectivity index (χ1) is 7.59. The van der Waals surface area contributed by atoms with Crippen molar-refractivity contribution in [2.45, 2.75) is 25.3 Å². The van der Waals surface area contributed by atoms with E-state index in [0.717, 1.165) is 17.8 Å². The third kappa shape index (κ3) is 1.97. The molecule has 1 heterocycles. The highest BCUT2D eigenvalue weighted by Gasteiger charge is 2.48. The van der Waals surface area contributed by atoms with Gasteiger partial charge in [0.05, 0.1) is 17.2 Å². The molecule has 1 aromatic heterocycles. The summed E-state index contributed by atoms with van der Waals surface area (Å²) in [6, 6.07) is 0. The summed E-state index contributed by atoms with van der Waals surface area (Å²) in [4.78, 5) is 18.1. The van der Waals surface area contributed by atoms with Crippen molar-refractivity contribution in [3.05, 3.63) is 16.1 Å². The predicted octanol–water partition coefficient (Wildman–Crippen LogP) is 1.70. The molecule has 2 rings (SSSR count). The lowest BCUT2D eigenvalue weighted by Crippen LogP contribution is -2.42. The lowest BCUT2D eigenvalue weighted by Gasteiger charge is -2.26. The number of likely N-dealkylation sites (N-methyl/N-ethyl adjacent to an activating group) is 1. The first-order valence-corrected chi connectivity index (χ1v) is 6.16. The number of aryl methyl sites for hydroxylation is 1. The number of methoxy groups -OCH3 is 1. The van der Waals surface area contributed by atoms with E-state index in [2.05, 4.69) is 4.98 Å². The summed E-state index contributed by atoms with van der Waals surface area (Å²) < 4.78 is 5.17. The van der Waals surface area contributed by atoms with Gasteiger partial charge in [-0.3, -0.25) is 4.79 Å². The van der Waals surface area contributed by atoms with Gasteiger partial charge in [-0.2, -0.15) is 0 Å². The van der Waals surface area contributed by atoms with Crippen LogP contribution in [0.3, 0.4) is 0 Å². The lowest BCUT2D eigenvalue weighted by molar-refractivity contribution is 0.0546. The third-order valence-corrected chi connectivity index (χ3v) is 3.87. The van der Waals surface area contributed by atoms with Crippen molar-refractivity contribution in [2.24, 2.45) is 0 Å². The molecule has 0 N–H and O–H groups in total. The van der Waals surface area contributed by atoms with Crippen LogP contribution in [0.25, 0.3) is 0 Å². The molecule has 0 atom stereocenters. The van der Waals surface area contributed by atoms with Crippen molar-refractivity contribution in [3.63, 3.8) is 0 Å². The molecule has 1 saturated carbocycles. The topological polar surface area (TPSA) is 42.4 Å². The van der Waals surface area contributed by atoms with Crippen LogP contribution in [0, 0.1) is 6.92 Å². The summed E-state index contributed by atoms with van der Waals surface area (Å²) in [7, 11) is 3.51. The van der Waals surface area contributed by atoms with Crippen molar-refractivity contribution >= 4 is 17.2 Å². The third-order valence-electron chi connectivity index (χ3n) is 3.09. The SMILES string of the molecule is COCC1(N(C)C(=O)c2csc(C)n2)CC1. The molecule has 0 bridgehead atoms. The Balaban J connectivity index is 2.10. The molecule has 0 unspecified atom stereocenters. The van der Waals surface area contributed by atoms with Crippen molar-refractivity contribution in [1.82, 2.24) is 9.88 Å². The van der Waals surface area contributed by atoms with Crippen LogP contribution in [0.1, 0.15) is 28.3 Å². The second kappa shape index (κ2) is 4.14. The number of carbonyl (C=O) groups excluding carboxylic acids is 1. The minimum Gasteiger partial charge on any atom is -0.382 e. The minimum atomic E-state index is -0.0800. The van der Waals surface area contributed by atoms with E-state index >= 15 is 0 Å². The van der Waals surface area contributed by atoms with Crippen LogP contribution in [0.15, 0.2) is 5.38 Å². The van der Waals surface area contributed by atoms with E-state index in [1.165, 1.54) is 11.3 Å². The van der Waals surface area contributed by atoms with Crippen molar-refractivity contribution in [2.75, 3.05) is 20.8 Å². The van der Waals surface area contributed by atoms with Crippen LogP contribution >= 0.6 is 11.3 Å². The Kier molecular flexibility index (Phi) is 2.99. The molecule has 1 aromatic rings. The van der Waals surface area contributed by atoms with Gasteiger partial charge in [-0.1, -0.05) is 0 Å². The zero-order valence-corrected chi connectivity index (χ0v) is 10.6. The van der Waals surface area contributed by atoms with Crippen LogP contribution in [-0.4, -0.2) is 42.1 Å². The van der Waals surface area contributed by atoms with Gasteiger partial charge in [0.15, 0.2) is 0 Å². The molecule has 0 aromatic carbocycles. The monoisotopic (exact) mass is 240 g/mol. The number of hydrogen-bond donors (Lipinski definition) is 0. The molecule has 4 nitrogen and oxygen atoms in total. The Morgan fingerprint density at radius 2 is 2.38 bits per heavy atom. The first kappa shape index (κ1) is 11.5. The van der Waals surface area contributed by atoms with Gasteiger partial charge in [0.2, 0.25) is 0 Å². The maximum Gasteiger partial charge on any atom is 0.273 e. The second-order valence-corrected chi connectivity index (χ2v) is 5.34. The maximum absolute atomic E-state index is 12.1. The fourth-order valence-electron chi connectivity index (χ4n) is 1.84. The summed E-state index contributed by atoms with van der Waals surface area (Å²) in [5, 5.41) is 2.74. The number of rotatable bonds is 4. The number of nitrogens with zero attached hydrogens (tertiary/aromatic N) is 2. The van der Waals surface area contributed by atoms with Crippen molar-refractivity contribution in [1.29, 1.82) is 0 Å². The van der Waals surface area contributed by atoms with E-state index in [9.17, 15) is 4.79 Å². The lowest BCUT2D eigenvalue weighted by atomic mass is 10.2. The first-order valence-electron chi connectivity index (χ1n) is 5.28. The van der Waals surface area contributed by atoms with E-state index < -0.39 is 0 Å². The summed E-state index contributed by atoms with van der Waals surface area (Å²) in [5.74, 6) is -0.00102. The zero-order chi connectivity index (χ0) is 11.8. The van der Waals surface area contributed by atoms with Crippen molar-refractivity contribution < 1.29 is 9.53 Å². The second-order valence-electron chi connectivity index (χ2n) is 4.27. The van der Waals surface area contributed by atoms with Crippen LogP contribution in [0.4, 0.5) is 0 Å². The normalized spacial score (nSPS) is 17.2. The Morgan fingerprint density at radius 1 is 1.69 bits per heavy atom. The van der Waals surface area contributed by atoms with Crippen LogP contribution in [0.2, 0.25) is 0 Å². The van der Waals surface area contributed by atoms with Gasteiger partial charge in [0.25, 0.3) is 5.91 Å². The molecular formula is C11H16N2O2S. The van der Waals surface area contributed by atoms with E-state index in [-0.39, 0.29) is 11.4 Å². The molecule has 16 heavy (non-hydrogen) atoms. The predicted molar refractivity (Wildman–Crippen MR) is 62.8 cm³/mol. The highest BCUT2D eigenvalue weighted by Crippen LogP contribution is 2.41. The fraction of sp³-hybridized carbons (Fsp3) is 0.636. The molecule has 5 heteroatoms. The van der Waals surface area contributed by atoms with Crippen molar-refractivity contribution in [3.8, 4) is 0 Å². The largest absolute Gasteiger partial charge is 0.382 e. The van der Waals surface area contributed by atoms with E-state index in [1.807, 2.05) is 19.4 Å². The minimum absolute atomic E-state index is 0.00102. The summed E-state index contributed by atoms with van der Waals surface area (Å²) in [5.41, 5.74) is 0.468. The average molecular weight is 240 g/mol. The van der Waals surface area contributed by atoms with Gasteiger partial charge in [0, 0.05) is 19.5 Å². The molecule has 1 amide bonds. The summed E-state index contributed by atoms with van der Waals surface area (Å²) >= 11 is 1.50. The zero-order valence-electron chi connectivity index (χ0n) is 9.82. The van der Waals surface area contributed by atoms with E-state index in [1.54, 1.807) is 12.0 Å². The quantitative estimate of drug-likeness (QED) is 0.804. The van der Waals surface area contributed by atoms with Gasteiger partial charge >= 0.3 is 0 Å². The van der Waals surface area contributed by atoms with Gasteiger partial charge in [0.1, 0.15) is 5.69 Å². The van der Waals surface area contributed by atoms with Gasteiger partial charge in [-0.15, -0.1) is 11.3 Å². The molecule has 1 aliphatic carbocycles. The molecule has 0 spiro atoms. The highest BCUT2D eigenvalue weighted by molar-refractivity contribution is 7.09. The highest BCUT2D eigenvalue weighted by atomic mass is 32.1. The maximum atomic E-state index is 12.1. The summed E-state index contributed by atoms with van der Waals surface area (Å²) in [6.45, 7) is 2.52. The Bertz CT molecular complexity index is 398. The number of hydrogen-bond acceptors (Lipinski definition) is 4. The number of carbonyl (C=O) groups is 1. The fourth-order valence-corrected chi connectivity index (χ4v) is 2.43. The Morgan fingerprint density at radius 3 is 2.81 bits per heavy atom. The van der Waals surface area contributed by atoms with Crippen LogP contribution in [0.5, 0.6) is 0 Å². The molecule has 1 aliphatic rings. The molecule has 1 fully saturated rings. The number of amides is 1. The van der Waals surface area contributed by atoms with Crippen LogP contribution < -0.4 is 0 Å². The standard InChI is InChI=1S/C11H16N2O2S/c1-8-12-9(6-16-8)10(14)13(2)11(4-5-11)7-15-3/h6H,4-5,7H2,1-3H3.